The fourth-order valence-electron chi connectivity index (χ4n) is 2.60. The Morgan fingerprint density at radius 2 is 2.15 bits per heavy atom. The van der Waals surface area contributed by atoms with E-state index in [1.165, 1.54) is 19.4 Å². The van der Waals surface area contributed by atoms with E-state index in [9.17, 15) is 0 Å². The average molecular weight is 277 g/mol. The van der Waals surface area contributed by atoms with Gasteiger partial charge in [0.25, 0.3) is 0 Å². The van der Waals surface area contributed by atoms with E-state index in [-0.39, 0.29) is 5.92 Å². The van der Waals surface area contributed by atoms with Crippen LogP contribution in [0.4, 0.5) is 11.6 Å². The lowest BCUT2D eigenvalue weighted by atomic mass is 10.1. The molecule has 2 rings (SSSR count). The molecule has 0 amide bonds. The van der Waals surface area contributed by atoms with Crippen LogP contribution in [0.3, 0.4) is 0 Å². The van der Waals surface area contributed by atoms with Crippen LogP contribution in [0.25, 0.3) is 0 Å². The maximum atomic E-state index is 6.02. The predicted molar refractivity (Wildman–Crippen MR) is 84.0 cm³/mol. The zero-order valence-corrected chi connectivity index (χ0v) is 13.1. The second-order valence-electron chi connectivity index (χ2n) is 5.97. The van der Waals surface area contributed by atoms with Gasteiger partial charge in [-0.2, -0.15) is 0 Å². The van der Waals surface area contributed by atoms with Crippen molar-refractivity contribution in [2.45, 2.75) is 52.5 Å². The van der Waals surface area contributed by atoms with Crippen LogP contribution in [0.15, 0.2) is 0 Å². The van der Waals surface area contributed by atoms with Crippen molar-refractivity contribution < 1.29 is 0 Å². The van der Waals surface area contributed by atoms with Gasteiger partial charge in [-0.1, -0.05) is 20.8 Å². The van der Waals surface area contributed by atoms with Gasteiger partial charge in [0.2, 0.25) is 0 Å². The van der Waals surface area contributed by atoms with Crippen LogP contribution >= 0.6 is 0 Å². The molecular weight excluding hydrogens is 250 g/mol. The standard InChI is InChI=1S/C15H27N5/c1-5-20-8-6-7-12(9-20)17-15-11(4)13(16)18-14(19-15)10(2)3/h10,12H,5-9H2,1-4H3,(H3,16,17,18,19). The highest BCUT2D eigenvalue weighted by molar-refractivity contribution is 5.55. The Morgan fingerprint density at radius 1 is 1.40 bits per heavy atom. The molecule has 20 heavy (non-hydrogen) atoms. The molecule has 0 radical (unpaired) electrons. The molecule has 5 heteroatoms. The lowest BCUT2D eigenvalue weighted by Gasteiger charge is -2.33. The Balaban J connectivity index is 2.15. The van der Waals surface area contributed by atoms with Crippen molar-refractivity contribution in [2.75, 3.05) is 30.7 Å². The number of hydrogen-bond acceptors (Lipinski definition) is 5. The minimum Gasteiger partial charge on any atom is -0.383 e. The van der Waals surface area contributed by atoms with Gasteiger partial charge in [-0.15, -0.1) is 0 Å². The van der Waals surface area contributed by atoms with Crippen molar-refractivity contribution in [3.63, 3.8) is 0 Å². The molecule has 1 fully saturated rings. The van der Waals surface area contributed by atoms with E-state index in [2.05, 4.69) is 41.0 Å². The van der Waals surface area contributed by atoms with Crippen LogP contribution in [0.5, 0.6) is 0 Å². The number of aromatic nitrogens is 2. The second-order valence-corrected chi connectivity index (χ2v) is 5.97. The number of nitrogen functional groups attached to an aromatic ring is 1. The number of piperidine rings is 1. The average Bonchev–Trinajstić information content (AvgIpc) is 2.43. The quantitative estimate of drug-likeness (QED) is 0.884. The van der Waals surface area contributed by atoms with Gasteiger partial charge in [-0.25, -0.2) is 9.97 Å². The molecule has 0 aliphatic carbocycles. The van der Waals surface area contributed by atoms with Crippen LogP contribution in [0, 0.1) is 6.92 Å². The number of nitrogens with zero attached hydrogens (tertiary/aromatic N) is 3. The highest BCUT2D eigenvalue weighted by Crippen LogP contribution is 2.23. The van der Waals surface area contributed by atoms with Gasteiger partial charge in [0.15, 0.2) is 0 Å². The zero-order valence-electron chi connectivity index (χ0n) is 13.1. The Morgan fingerprint density at radius 3 is 2.80 bits per heavy atom. The number of anilines is 2. The number of likely N-dealkylation sites (tertiary alicyclic amines) is 1. The molecule has 1 unspecified atom stereocenters. The van der Waals surface area contributed by atoms with E-state index in [1.54, 1.807) is 0 Å². The molecule has 5 nitrogen and oxygen atoms in total. The van der Waals surface area contributed by atoms with Crippen LogP contribution in [-0.4, -0.2) is 40.5 Å². The van der Waals surface area contributed by atoms with E-state index in [0.29, 0.717) is 11.9 Å². The minimum atomic E-state index is 0.289. The first kappa shape index (κ1) is 15.0. The fraction of sp³-hybridized carbons (Fsp3) is 0.733. The smallest absolute Gasteiger partial charge is 0.135 e. The molecular formula is C15H27N5. The highest BCUT2D eigenvalue weighted by atomic mass is 15.2. The number of hydrogen-bond donors (Lipinski definition) is 2. The number of rotatable bonds is 4. The van der Waals surface area contributed by atoms with E-state index in [4.69, 9.17) is 5.73 Å². The summed E-state index contributed by atoms with van der Waals surface area (Å²) in [4.78, 5) is 11.5. The van der Waals surface area contributed by atoms with Crippen molar-refractivity contribution in [2.24, 2.45) is 0 Å². The molecule has 0 spiro atoms. The largest absolute Gasteiger partial charge is 0.383 e. The third-order valence-corrected chi connectivity index (χ3v) is 4.01. The molecule has 3 N–H and O–H groups in total. The molecule has 0 saturated carbocycles. The van der Waals surface area contributed by atoms with Gasteiger partial charge >= 0.3 is 0 Å². The van der Waals surface area contributed by atoms with E-state index >= 15 is 0 Å². The summed E-state index contributed by atoms with van der Waals surface area (Å²) in [5.74, 6) is 2.61. The number of likely N-dealkylation sites (N-methyl/N-ethyl adjacent to an activating group) is 1. The maximum absolute atomic E-state index is 6.02. The summed E-state index contributed by atoms with van der Waals surface area (Å²) in [5.41, 5.74) is 6.98. The molecule has 1 saturated heterocycles. The zero-order chi connectivity index (χ0) is 14.7. The molecule has 1 aromatic heterocycles. The number of nitrogens with one attached hydrogen (secondary N) is 1. The Labute approximate surface area is 122 Å². The van der Waals surface area contributed by atoms with Crippen LogP contribution in [-0.2, 0) is 0 Å². The first-order valence-electron chi connectivity index (χ1n) is 7.64. The molecule has 0 aromatic carbocycles. The minimum absolute atomic E-state index is 0.289. The van der Waals surface area contributed by atoms with Crippen molar-refractivity contribution in [1.82, 2.24) is 14.9 Å². The lowest BCUT2D eigenvalue weighted by Crippen LogP contribution is -2.42. The normalized spacial score (nSPS) is 20.4. The number of nitrogens with two attached hydrogens (primary N) is 1. The SMILES string of the molecule is CCN1CCCC(Nc2nc(C(C)C)nc(N)c2C)C1. The summed E-state index contributed by atoms with van der Waals surface area (Å²) in [6.45, 7) is 11.8. The lowest BCUT2D eigenvalue weighted by molar-refractivity contribution is 0.226. The van der Waals surface area contributed by atoms with Gasteiger partial charge in [0.05, 0.1) is 0 Å². The summed E-state index contributed by atoms with van der Waals surface area (Å²) in [6.07, 6.45) is 2.43. The summed E-state index contributed by atoms with van der Waals surface area (Å²) >= 11 is 0. The molecule has 2 heterocycles. The van der Waals surface area contributed by atoms with E-state index in [0.717, 1.165) is 30.3 Å². The molecule has 0 bridgehead atoms. The topological polar surface area (TPSA) is 67.1 Å². The van der Waals surface area contributed by atoms with Crippen LogP contribution in [0.1, 0.15) is 50.9 Å². The molecule has 112 valence electrons. The first-order chi connectivity index (χ1) is 9.51. The Kier molecular flexibility index (Phi) is 4.81. The predicted octanol–water partition coefficient (Wildman–Crippen LogP) is 2.39. The van der Waals surface area contributed by atoms with E-state index in [1.807, 2.05) is 6.92 Å². The summed E-state index contributed by atoms with van der Waals surface area (Å²) in [6, 6.07) is 0.455. The third kappa shape index (κ3) is 3.39. The van der Waals surface area contributed by atoms with Gasteiger partial charge < -0.3 is 16.0 Å². The van der Waals surface area contributed by atoms with Crippen molar-refractivity contribution in [3.8, 4) is 0 Å². The van der Waals surface area contributed by atoms with Gasteiger partial charge in [-0.05, 0) is 32.9 Å². The molecule has 1 aliphatic rings. The van der Waals surface area contributed by atoms with Crippen molar-refractivity contribution >= 4 is 11.6 Å². The monoisotopic (exact) mass is 277 g/mol. The van der Waals surface area contributed by atoms with Gasteiger partial charge in [0, 0.05) is 24.1 Å². The second kappa shape index (κ2) is 6.39. The van der Waals surface area contributed by atoms with Crippen LogP contribution < -0.4 is 11.1 Å². The van der Waals surface area contributed by atoms with Gasteiger partial charge in [0.1, 0.15) is 17.5 Å². The third-order valence-electron chi connectivity index (χ3n) is 4.01. The van der Waals surface area contributed by atoms with Crippen LogP contribution in [0.2, 0.25) is 0 Å². The van der Waals surface area contributed by atoms with E-state index < -0.39 is 0 Å². The van der Waals surface area contributed by atoms with Crippen molar-refractivity contribution in [1.29, 1.82) is 0 Å². The fourth-order valence-corrected chi connectivity index (χ4v) is 2.60. The summed E-state index contributed by atoms with van der Waals surface area (Å²) in [7, 11) is 0. The summed E-state index contributed by atoms with van der Waals surface area (Å²) in [5, 5.41) is 3.58. The highest BCUT2D eigenvalue weighted by Gasteiger charge is 2.20. The Hall–Kier alpha value is -1.36. The van der Waals surface area contributed by atoms with Gasteiger partial charge in [-0.3, -0.25) is 0 Å². The Bertz CT molecular complexity index is 458. The molecule has 1 aromatic rings. The molecule has 1 atom stereocenters. The first-order valence-corrected chi connectivity index (χ1v) is 7.64. The van der Waals surface area contributed by atoms with Crippen molar-refractivity contribution in [3.05, 3.63) is 11.4 Å². The summed E-state index contributed by atoms with van der Waals surface area (Å²) < 4.78 is 0. The molecule has 1 aliphatic heterocycles. The maximum Gasteiger partial charge on any atom is 0.135 e.